The lowest BCUT2D eigenvalue weighted by Gasteiger charge is -2.37. The number of hydrogen-bond acceptors (Lipinski definition) is 5. The van der Waals surface area contributed by atoms with Crippen LogP contribution < -0.4 is 0 Å². The minimum Gasteiger partial charge on any atom is -0.387 e. The zero-order valence-electron chi connectivity index (χ0n) is 12.1. The molecular formula is C13H14Cl2N4O3S. The lowest BCUT2D eigenvalue weighted by molar-refractivity contribution is 0.187. The summed E-state index contributed by atoms with van der Waals surface area (Å²) in [5, 5.41) is 17.7. The monoisotopic (exact) mass is 376 g/mol. The van der Waals surface area contributed by atoms with Crippen molar-refractivity contribution in [1.82, 2.24) is 19.3 Å². The zero-order valence-corrected chi connectivity index (χ0v) is 14.4. The largest absolute Gasteiger partial charge is 0.387 e. The minimum absolute atomic E-state index is 0.104. The highest BCUT2D eigenvalue weighted by atomic mass is 35.5. The van der Waals surface area contributed by atoms with E-state index in [0.29, 0.717) is 10.7 Å². The average Bonchev–Trinajstić information content (AvgIpc) is 2.89. The average molecular weight is 377 g/mol. The van der Waals surface area contributed by atoms with Crippen LogP contribution in [0.15, 0.2) is 29.3 Å². The molecule has 23 heavy (non-hydrogen) atoms. The highest BCUT2D eigenvalue weighted by molar-refractivity contribution is 7.89. The van der Waals surface area contributed by atoms with Crippen molar-refractivity contribution < 1.29 is 13.5 Å². The van der Waals surface area contributed by atoms with Gasteiger partial charge in [-0.25, -0.2) is 13.1 Å². The van der Waals surface area contributed by atoms with Crippen molar-refractivity contribution in [2.75, 3.05) is 13.1 Å². The van der Waals surface area contributed by atoms with E-state index in [1.807, 2.05) is 0 Å². The van der Waals surface area contributed by atoms with Gasteiger partial charge in [-0.1, -0.05) is 28.4 Å². The van der Waals surface area contributed by atoms with Gasteiger partial charge in [0.2, 0.25) is 10.0 Å². The van der Waals surface area contributed by atoms with Crippen LogP contribution in [0.5, 0.6) is 0 Å². The first-order valence-corrected chi connectivity index (χ1v) is 9.03. The molecule has 1 N–H and O–H groups in total. The molecule has 1 aliphatic rings. The summed E-state index contributed by atoms with van der Waals surface area (Å²) in [6, 6.07) is 4.12. The number of halogens is 2. The van der Waals surface area contributed by atoms with Gasteiger partial charge in [0.05, 0.1) is 33.3 Å². The first kappa shape index (κ1) is 16.7. The van der Waals surface area contributed by atoms with Crippen LogP contribution in [0.1, 0.15) is 24.8 Å². The number of hydrogen-bond donors (Lipinski definition) is 1. The van der Waals surface area contributed by atoms with Gasteiger partial charge in [0, 0.05) is 13.1 Å². The van der Waals surface area contributed by atoms with Crippen LogP contribution in [0.2, 0.25) is 10.0 Å². The topological polar surface area (TPSA) is 88.3 Å². The van der Waals surface area contributed by atoms with Crippen LogP contribution in [0, 0.1) is 0 Å². The standard InChI is InChI=1S/C13H14Cl2N4O3S/c1-8(20)13-7-19(17-16-13)9-5-18(6-9)23(21,22)10-2-3-11(14)12(15)4-10/h2-4,7-9,20H,5-6H2,1H3. The Hall–Kier alpha value is -1.19. The normalized spacial score (nSPS) is 17.9. The fraction of sp³-hybridized carbons (Fsp3) is 0.385. The Kier molecular flexibility index (Phi) is 4.37. The smallest absolute Gasteiger partial charge is 0.243 e. The van der Waals surface area contributed by atoms with Gasteiger partial charge in [-0.05, 0) is 25.1 Å². The van der Waals surface area contributed by atoms with Gasteiger partial charge >= 0.3 is 0 Å². The fourth-order valence-electron chi connectivity index (χ4n) is 2.23. The predicted octanol–water partition coefficient (Wildman–Crippen LogP) is 1.88. The Morgan fingerprint density at radius 2 is 2.00 bits per heavy atom. The maximum atomic E-state index is 12.5. The minimum atomic E-state index is -3.61. The van der Waals surface area contributed by atoms with Crippen molar-refractivity contribution in [2.24, 2.45) is 0 Å². The van der Waals surface area contributed by atoms with Gasteiger partial charge in [-0.3, -0.25) is 0 Å². The number of sulfonamides is 1. The van der Waals surface area contributed by atoms with Crippen LogP contribution >= 0.6 is 23.2 Å². The second-order valence-electron chi connectivity index (χ2n) is 5.35. The molecule has 1 unspecified atom stereocenters. The van der Waals surface area contributed by atoms with Crippen LogP contribution in [0.25, 0.3) is 0 Å². The Balaban J connectivity index is 1.73. The molecule has 10 heteroatoms. The second kappa shape index (κ2) is 6.03. The zero-order chi connectivity index (χ0) is 16.8. The van der Waals surface area contributed by atoms with Crippen molar-refractivity contribution in [1.29, 1.82) is 0 Å². The van der Waals surface area contributed by atoms with Gasteiger partial charge < -0.3 is 5.11 Å². The lowest BCUT2D eigenvalue weighted by atomic mass is 10.2. The molecule has 1 saturated heterocycles. The first-order chi connectivity index (χ1) is 10.8. The molecule has 1 aromatic carbocycles. The fourth-order valence-corrected chi connectivity index (χ4v) is 4.13. The van der Waals surface area contributed by atoms with E-state index in [0.717, 1.165) is 0 Å². The summed E-state index contributed by atoms with van der Waals surface area (Å²) in [6.45, 7) is 2.16. The first-order valence-electron chi connectivity index (χ1n) is 6.84. The lowest BCUT2D eigenvalue weighted by Crippen LogP contribution is -2.50. The molecule has 1 aromatic heterocycles. The van der Waals surface area contributed by atoms with Crippen LogP contribution in [-0.4, -0.2) is 45.9 Å². The molecule has 0 amide bonds. The third kappa shape index (κ3) is 3.09. The van der Waals surface area contributed by atoms with Crippen LogP contribution in [0.4, 0.5) is 0 Å². The molecular weight excluding hydrogens is 363 g/mol. The molecule has 2 aromatic rings. The van der Waals surface area contributed by atoms with Crippen molar-refractivity contribution in [2.45, 2.75) is 24.0 Å². The molecule has 7 nitrogen and oxygen atoms in total. The molecule has 0 bridgehead atoms. The number of aromatic nitrogens is 3. The van der Waals surface area contributed by atoms with E-state index < -0.39 is 16.1 Å². The molecule has 1 fully saturated rings. The molecule has 0 spiro atoms. The Morgan fingerprint density at radius 1 is 1.30 bits per heavy atom. The number of aliphatic hydroxyl groups is 1. The van der Waals surface area contributed by atoms with Gasteiger partial charge in [0.1, 0.15) is 5.69 Å². The van der Waals surface area contributed by atoms with Crippen LogP contribution in [0.3, 0.4) is 0 Å². The highest BCUT2D eigenvalue weighted by Crippen LogP contribution is 2.31. The summed E-state index contributed by atoms with van der Waals surface area (Å²) < 4.78 is 27.9. The number of benzene rings is 1. The summed E-state index contributed by atoms with van der Waals surface area (Å²) in [4.78, 5) is 0.105. The Morgan fingerprint density at radius 3 is 2.57 bits per heavy atom. The molecule has 2 heterocycles. The maximum absolute atomic E-state index is 12.5. The molecule has 124 valence electrons. The van der Waals surface area contributed by atoms with E-state index in [-0.39, 0.29) is 29.0 Å². The third-order valence-electron chi connectivity index (χ3n) is 3.69. The third-order valence-corrected chi connectivity index (χ3v) is 6.25. The molecule has 0 radical (unpaired) electrons. The Labute approximate surface area is 143 Å². The summed E-state index contributed by atoms with van der Waals surface area (Å²) in [7, 11) is -3.61. The van der Waals surface area contributed by atoms with Crippen molar-refractivity contribution >= 4 is 33.2 Å². The molecule has 3 rings (SSSR count). The van der Waals surface area contributed by atoms with Gasteiger partial charge in [-0.2, -0.15) is 4.31 Å². The molecule has 0 saturated carbocycles. The maximum Gasteiger partial charge on any atom is 0.243 e. The molecule has 0 aliphatic carbocycles. The van der Waals surface area contributed by atoms with Gasteiger partial charge in [-0.15, -0.1) is 5.10 Å². The Bertz CT molecular complexity index is 831. The van der Waals surface area contributed by atoms with E-state index in [2.05, 4.69) is 10.3 Å². The highest BCUT2D eigenvalue weighted by Gasteiger charge is 2.38. The van der Waals surface area contributed by atoms with E-state index in [9.17, 15) is 13.5 Å². The van der Waals surface area contributed by atoms with E-state index in [1.165, 1.54) is 22.5 Å². The molecule has 1 atom stereocenters. The summed E-state index contributed by atoms with van der Waals surface area (Å²) >= 11 is 11.7. The van der Waals surface area contributed by atoms with Gasteiger partial charge in [0.15, 0.2) is 0 Å². The SMILES string of the molecule is CC(O)c1cn(C2CN(S(=O)(=O)c3ccc(Cl)c(Cl)c3)C2)nn1. The summed E-state index contributed by atoms with van der Waals surface area (Å²) in [6.07, 6.45) is 0.915. The van der Waals surface area contributed by atoms with Gasteiger partial charge in [0.25, 0.3) is 0 Å². The van der Waals surface area contributed by atoms with E-state index >= 15 is 0 Å². The number of rotatable bonds is 4. The van der Waals surface area contributed by atoms with E-state index in [1.54, 1.807) is 17.8 Å². The second-order valence-corrected chi connectivity index (χ2v) is 8.10. The van der Waals surface area contributed by atoms with Crippen molar-refractivity contribution in [3.8, 4) is 0 Å². The van der Waals surface area contributed by atoms with E-state index in [4.69, 9.17) is 23.2 Å². The predicted molar refractivity (Wildman–Crippen MR) is 84.9 cm³/mol. The summed E-state index contributed by atoms with van der Waals surface area (Å²) in [5.41, 5.74) is 0.454. The molecule has 1 aliphatic heterocycles. The van der Waals surface area contributed by atoms with Crippen molar-refractivity contribution in [3.05, 3.63) is 40.1 Å². The van der Waals surface area contributed by atoms with Crippen LogP contribution in [-0.2, 0) is 10.0 Å². The number of nitrogens with zero attached hydrogens (tertiary/aromatic N) is 4. The van der Waals surface area contributed by atoms with Crippen molar-refractivity contribution in [3.63, 3.8) is 0 Å². The number of aliphatic hydroxyl groups excluding tert-OH is 1. The quantitative estimate of drug-likeness (QED) is 0.879. The summed E-state index contributed by atoms with van der Waals surface area (Å²) in [5.74, 6) is 0.